The molecule has 1 aliphatic heterocycles. The van der Waals surface area contributed by atoms with Gasteiger partial charge in [-0.15, -0.1) is 0 Å². The van der Waals surface area contributed by atoms with Crippen molar-refractivity contribution in [3.8, 4) is 0 Å². The highest BCUT2D eigenvalue weighted by molar-refractivity contribution is 5.89. The van der Waals surface area contributed by atoms with Gasteiger partial charge in [0, 0.05) is 12.8 Å². The predicted octanol–water partition coefficient (Wildman–Crippen LogP) is 5.89. The van der Waals surface area contributed by atoms with E-state index in [4.69, 9.17) is 14.2 Å². The molecule has 0 aromatic rings. The summed E-state index contributed by atoms with van der Waals surface area (Å²) in [6.07, 6.45) is 9.64. The first kappa shape index (κ1) is 41.7. The van der Waals surface area contributed by atoms with E-state index in [2.05, 4.69) is 18.6 Å². The maximum atomic E-state index is 13.0. The molecule has 13 nitrogen and oxygen atoms in total. The third kappa shape index (κ3) is 17.4. The quantitative estimate of drug-likeness (QED) is 0.0435. The van der Waals surface area contributed by atoms with E-state index >= 15 is 0 Å². The van der Waals surface area contributed by atoms with Crippen molar-refractivity contribution in [1.29, 1.82) is 0 Å². The molecule has 4 atom stereocenters. The standard InChI is InChI=1S/C34H56O13/c1-3-5-7-9-11-13-15-17-19-21-25(36)45-30(32(40)41)31(46-26(37)22-20-18-16-14-12-10-8-6-4-2)34(43)44-23-24(35)29-27(38)28(39)33(42)47-29/h24,29-31,35,38-39H,3-23H2,1-2H3,(H,40,41)/t24-,29+,30+,31+/m0/s1. The molecule has 0 amide bonds. The van der Waals surface area contributed by atoms with E-state index < -0.39 is 72.4 Å². The molecule has 270 valence electrons. The van der Waals surface area contributed by atoms with Crippen LogP contribution in [0.2, 0.25) is 0 Å². The van der Waals surface area contributed by atoms with Crippen molar-refractivity contribution in [2.24, 2.45) is 0 Å². The first-order valence-corrected chi connectivity index (χ1v) is 17.3. The van der Waals surface area contributed by atoms with Crippen LogP contribution in [0.1, 0.15) is 142 Å². The fourth-order valence-corrected chi connectivity index (χ4v) is 5.10. The van der Waals surface area contributed by atoms with Gasteiger partial charge in [0.15, 0.2) is 11.9 Å². The first-order chi connectivity index (χ1) is 22.5. The Hall–Kier alpha value is -3.35. The van der Waals surface area contributed by atoms with Gasteiger partial charge >= 0.3 is 29.8 Å². The Kier molecular flexibility index (Phi) is 22.0. The van der Waals surface area contributed by atoms with E-state index in [-0.39, 0.29) is 12.8 Å². The van der Waals surface area contributed by atoms with Gasteiger partial charge in [-0.05, 0) is 12.8 Å². The summed E-state index contributed by atoms with van der Waals surface area (Å²) in [5.74, 6) is -8.37. The fourth-order valence-electron chi connectivity index (χ4n) is 5.10. The third-order valence-electron chi connectivity index (χ3n) is 7.92. The summed E-state index contributed by atoms with van der Waals surface area (Å²) >= 11 is 0. The van der Waals surface area contributed by atoms with Crippen molar-refractivity contribution < 1.29 is 63.3 Å². The number of carboxylic acid groups (broad SMARTS) is 1. The van der Waals surface area contributed by atoms with Crippen LogP contribution in [0, 0.1) is 0 Å². The molecule has 47 heavy (non-hydrogen) atoms. The number of carboxylic acids is 1. The summed E-state index contributed by atoms with van der Waals surface area (Å²) in [5, 5.41) is 39.3. The zero-order valence-corrected chi connectivity index (χ0v) is 28.1. The lowest BCUT2D eigenvalue weighted by atomic mass is 10.1. The summed E-state index contributed by atoms with van der Waals surface area (Å²) < 4.78 is 19.8. The van der Waals surface area contributed by atoms with Gasteiger partial charge in [-0.25, -0.2) is 14.4 Å². The molecular weight excluding hydrogens is 616 g/mol. The highest BCUT2D eigenvalue weighted by Gasteiger charge is 2.43. The molecule has 0 aromatic heterocycles. The second-order valence-electron chi connectivity index (χ2n) is 12.1. The van der Waals surface area contributed by atoms with Crippen molar-refractivity contribution >= 4 is 29.8 Å². The molecule has 0 saturated carbocycles. The molecule has 1 rings (SSSR count). The Labute approximate surface area is 278 Å². The topological polar surface area (TPSA) is 203 Å². The van der Waals surface area contributed by atoms with Crippen LogP contribution in [0.5, 0.6) is 0 Å². The lowest BCUT2D eigenvalue weighted by Gasteiger charge is -2.24. The Morgan fingerprint density at radius 1 is 0.681 bits per heavy atom. The summed E-state index contributed by atoms with van der Waals surface area (Å²) in [6.45, 7) is 3.36. The number of aliphatic hydroxyl groups excluding tert-OH is 3. The SMILES string of the molecule is CCCCCCCCCCCC(=O)O[C@@H](C(=O)O)[C@@H](OC(=O)CCCCCCCCCCC)C(=O)OC[C@H](O)[C@H]1OC(=O)C(O)=C1O. The summed E-state index contributed by atoms with van der Waals surface area (Å²) in [4.78, 5) is 61.7. The summed E-state index contributed by atoms with van der Waals surface area (Å²) in [5.41, 5.74) is 0. The number of esters is 4. The molecule has 4 N–H and O–H groups in total. The van der Waals surface area contributed by atoms with E-state index in [1.165, 1.54) is 38.5 Å². The predicted molar refractivity (Wildman–Crippen MR) is 170 cm³/mol. The van der Waals surface area contributed by atoms with Gasteiger partial charge in [-0.2, -0.15) is 0 Å². The number of carbonyl (C=O) groups excluding carboxylic acids is 4. The maximum absolute atomic E-state index is 13.0. The minimum atomic E-state index is -2.22. The van der Waals surface area contributed by atoms with Gasteiger partial charge in [0.1, 0.15) is 12.7 Å². The number of ether oxygens (including phenoxy) is 4. The molecule has 0 saturated heterocycles. The molecule has 0 aliphatic carbocycles. The van der Waals surface area contributed by atoms with E-state index in [1.807, 2.05) is 0 Å². The molecule has 0 fully saturated rings. The lowest BCUT2D eigenvalue weighted by Crippen LogP contribution is -2.47. The average molecular weight is 673 g/mol. The third-order valence-corrected chi connectivity index (χ3v) is 7.92. The van der Waals surface area contributed by atoms with Gasteiger partial charge in [-0.3, -0.25) is 9.59 Å². The molecular formula is C34H56O13. The van der Waals surface area contributed by atoms with Crippen LogP contribution in [-0.2, 0) is 42.9 Å². The molecule has 0 spiro atoms. The largest absolute Gasteiger partial charge is 0.505 e. The highest BCUT2D eigenvalue weighted by Crippen LogP contribution is 2.22. The van der Waals surface area contributed by atoms with Crippen molar-refractivity contribution in [2.45, 2.75) is 167 Å². The average Bonchev–Trinajstić information content (AvgIpc) is 3.30. The number of aliphatic carboxylic acids is 1. The maximum Gasteiger partial charge on any atom is 0.377 e. The van der Waals surface area contributed by atoms with Crippen molar-refractivity contribution in [1.82, 2.24) is 0 Å². The van der Waals surface area contributed by atoms with Gasteiger partial charge in [0.05, 0.1) is 0 Å². The monoisotopic (exact) mass is 672 g/mol. The van der Waals surface area contributed by atoms with E-state index in [0.29, 0.717) is 12.8 Å². The second-order valence-corrected chi connectivity index (χ2v) is 12.1. The molecule has 0 radical (unpaired) electrons. The molecule has 0 bridgehead atoms. The number of aliphatic hydroxyl groups is 3. The minimum absolute atomic E-state index is 0.103. The zero-order valence-electron chi connectivity index (χ0n) is 28.1. The van der Waals surface area contributed by atoms with E-state index in [1.54, 1.807) is 0 Å². The van der Waals surface area contributed by atoms with Crippen molar-refractivity contribution in [2.75, 3.05) is 6.61 Å². The number of hydrogen-bond donors (Lipinski definition) is 4. The van der Waals surface area contributed by atoms with Crippen LogP contribution in [-0.4, -0.2) is 81.3 Å². The van der Waals surface area contributed by atoms with E-state index in [9.17, 15) is 44.4 Å². The van der Waals surface area contributed by atoms with Gasteiger partial charge in [-0.1, -0.05) is 117 Å². The highest BCUT2D eigenvalue weighted by atomic mass is 16.6. The summed E-state index contributed by atoms with van der Waals surface area (Å²) in [7, 11) is 0. The molecule has 0 aromatic carbocycles. The van der Waals surface area contributed by atoms with Crippen LogP contribution in [0.15, 0.2) is 11.5 Å². The van der Waals surface area contributed by atoms with Crippen LogP contribution in [0.3, 0.4) is 0 Å². The summed E-state index contributed by atoms with van der Waals surface area (Å²) in [6, 6.07) is 0. The first-order valence-electron chi connectivity index (χ1n) is 17.3. The molecule has 13 heteroatoms. The minimum Gasteiger partial charge on any atom is -0.505 e. The van der Waals surface area contributed by atoms with Gasteiger partial charge in [0.2, 0.25) is 18.0 Å². The number of carbonyl (C=O) groups is 5. The number of rotatable bonds is 28. The van der Waals surface area contributed by atoms with Crippen molar-refractivity contribution in [3.05, 3.63) is 11.5 Å². The van der Waals surface area contributed by atoms with Crippen LogP contribution in [0.4, 0.5) is 0 Å². The number of hydrogen-bond acceptors (Lipinski definition) is 12. The Morgan fingerprint density at radius 2 is 1.09 bits per heavy atom. The number of cyclic esters (lactones) is 1. The molecule has 1 heterocycles. The molecule has 0 unspecified atom stereocenters. The normalized spacial score (nSPS) is 16.3. The molecule has 1 aliphatic rings. The number of unbranched alkanes of at least 4 members (excludes halogenated alkanes) is 16. The zero-order chi connectivity index (χ0) is 35.0. The fraction of sp³-hybridized carbons (Fsp3) is 0.794. The van der Waals surface area contributed by atoms with Gasteiger partial charge in [0.25, 0.3) is 0 Å². The Morgan fingerprint density at radius 3 is 1.47 bits per heavy atom. The second kappa shape index (κ2) is 24.8. The van der Waals surface area contributed by atoms with E-state index in [0.717, 1.165) is 64.2 Å². The Balaban J connectivity index is 2.74. The van der Waals surface area contributed by atoms with Crippen molar-refractivity contribution in [3.63, 3.8) is 0 Å². The van der Waals surface area contributed by atoms with Crippen LogP contribution >= 0.6 is 0 Å². The Bertz CT molecular complexity index is 993. The smallest absolute Gasteiger partial charge is 0.377 e. The lowest BCUT2D eigenvalue weighted by molar-refractivity contribution is -0.191. The van der Waals surface area contributed by atoms with Gasteiger partial charge < -0.3 is 39.4 Å². The van der Waals surface area contributed by atoms with Crippen LogP contribution < -0.4 is 0 Å². The van der Waals surface area contributed by atoms with Crippen LogP contribution in [0.25, 0.3) is 0 Å².